The Bertz CT molecular complexity index is 800. The van der Waals surface area contributed by atoms with Crippen molar-refractivity contribution in [3.63, 3.8) is 0 Å². The fourth-order valence-electron chi connectivity index (χ4n) is 4.16. The van der Waals surface area contributed by atoms with E-state index in [0.29, 0.717) is 0 Å². The monoisotopic (exact) mass is 341 g/mol. The number of rotatable bonds is 4. The van der Waals surface area contributed by atoms with Crippen molar-refractivity contribution in [1.29, 1.82) is 0 Å². The molecule has 2 fully saturated rings. The maximum Gasteiger partial charge on any atom is 0.226 e. The zero-order valence-electron chi connectivity index (χ0n) is 14.8. The number of aromatic nitrogens is 2. The molecular formula is C20H24FN3O. The molecule has 1 saturated carbocycles. The summed E-state index contributed by atoms with van der Waals surface area (Å²) < 4.78 is 15.4. The molecule has 132 valence electrons. The molecule has 1 aromatic heterocycles. The van der Waals surface area contributed by atoms with Gasteiger partial charge in [0.2, 0.25) is 5.91 Å². The summed E-state index contributed by atoms with van der Waals surface area (Å²) in [4.78, 5) is 15.0. The van der Waals surface area contributed by atoms with Crippen LogP contribution in [0.3, 0.4) is 0 Å². The predicted octanol–water partition coefficient (Wildman–Crippen LogP) is 3.43. The number of carbonyl (C=O) groups is 1. The van der Waals surface area contributed by atoms with Gasteiger partial charge in [-0.3, -0.25) is 9.48 Å². The summed E-state index contributed by atoms with van der Waals surface area (Å²) in [5, 5.41) is 4.54. The molecule has 25 heavy (non-hydrogen) atoms. The lowest BCUT2D eigenvalue weighted by molar-refractivity contribution is -0.133. The van der Waals surface area contributed by atoms with E-state index < -0.39 is 0 Å². The molecule has 5 heteroatoms. The first-order chi connectivity index (χ1) is 12.0. The highest BCUT2D eigenvalue weighted by Gasteiger charge is 2.47. The fourth-order valence-corrected chi connectivity index (χ4v) is 4.16. The van der Waals surface area contributed by atoms with Gasteiger partial charge in [0, 0.05) is 18.2 Å². The average molecular weight is 341 g/mol. The van der Waals surface area contributed by atoms with Crippen LogP contribution < -0.4 is 0 Å². The van der Waals surface area contributed by atoms with Crippen LogP contribution in [0.1, 0.15) is 42.1 Å². The quantitative estimate of drug-likeness (QED) is 0.854. The van der Waals surface area contributed by atoms with Crippen molar-refractivity contribution >= 4 is 5.91 Å². The van der Waals surface area contributed by atoms with Crippen LogP contribution in [0.5, 0.6) is 0 Å². The Morgan fingerprint density at radius 1 is 1.32 bits per heavy atom. The maximum atomic E-state index is 13.4. The molecule has 0 N–H and O–H groups in total. The van der Waals surface area contributed by atoms with E-state index in [4.69, 9.17) is 0 Å². The first-order valence-corrected chi connectivity index (χ1v) is 9.10. The zero-order chi connectivity index (χ0) is 17.6. The van der Waals surface area contributed by atoms with E-state index in [1.165, 1.54) is 6.07 Å². The van der Waals surface area contributed by atoms with Crippen molar-refractivity contribution in [2.24, 2.45) is 5.92 Å². The molecule has 0 radical (unpaired) electrons. The Morgan fingerprint density at radius 3 is 2.88 bits per heavy atom. The lowest BCUT2D eigenvalue weighted by Crippen LogP contribution is -2.39. The molecule has 3 atom stereocenters. The molecule has 3 unspecified atom stereocenters. The average Bonchev–Trinajstić information content (AvgIpc) is 3.14. The van der Waals surface area contributed by atoms with Gasteiger partial charge in [-0.05, 0) is 62.8 Å². The van der Waals surface area contributed by atoms with E-state index in [1.54, 1.807) is 12.1 Å². The summed E-state index contributed by atoms with van der Waals surface area (Å²) in [6.45, 7) is 5.65. The molecule has 1 saturated heterocycles. The Labute approximate surface area is 147 Å². The van der Waals surface area contributed by atoms with Gasteiger partial charge in [0.05, 0.1) is 18.3 Å². The van der Waals surface area contributed by atoms with E-state index in [9.17, 15) is 9.18 Å². The molecule has 1 aliphatic heterocycles. The minimum absolute atomic E-state index is 0.0165. The Hall–Kier alpha value is -2.17. The van der Waals surface area contributed by atoms with E-state index in [1.807, 2.05) is 22.6 Å². The number of aryl methyl sites for hydroxylation is 2. The summed E-state index contributed by atoms with van der Waals surface area (Å²) in [6.07, 6.45) is 2.92. The molecule has 4 nitrogen and oxygen atoms in total. The normalized spacial score (nSPS) is 25.4. The van der Waals surface area contributed by atoms with E-state index >= 15 is 0 Å². The molecule has 2 heterocycles. The first kappa shape index (κ1) is 16.3. The van der Waals surface area contributed by atoms with Gasteiger partial charge in [0.15, 0.2) is 0 Å². The third-order valence-corrected chi connectivity index (χ3v) is 5.53. The van der Waals surface area contributed by atoms with Crippen molar-refractivity contribution in [3.05, 3.63) is 53.1 Å². The number of likely N-dealkylation sites (tertiary alicyclic amines) is 1. The smallest absolute Gasteiger partial charge is 0.226 e. The molecule has 0 bridgehead atoms. The van der Waals surface area contributed by atoms with Crippen LogP contribution in [0.2, 0.25) is 0 Å². The van der Waals surface area contributed by atoms with Gasteiger partial charge >= 0.3 is 0 Å². The van der Waals surface area contributed by atoms with Gasteiger partial charge in [-0.2, -0.15) is 5.10 Å². The lowest BCUT2D eigenvalue weighted by atomic mass is 10.1. The number of benzene rings is 1. The topological polar surface area (TPSA) is 38.1 Å². The molecular weight excluding hydrogens is 317 g/mol. The highest BCUT2D eigenvalue weighted by Crippen LogP contribution is 2.49. The number of hydrogen-bond donors (Lipinski definition) is 0. The van der Waals surface area contributed by atoms with Crippen molar-refractivity contribution < 1.29 is 9.18 Å². The Morgan fingerprint density at radius 2 is 2.16 bits per heavy atom. The largest absolute Gasteiger partial charge is 0.338 e. The fraction of sp³-hybridized carbons (Fsp3) is 0.500. The van der Waals surface area contributed by atoms with Gasteiger partial charge in [-0.1, -0.05) is 12.1 Å². The second kappa shape index (κ2) is 6.28. The van der Waals surface area contributed by atoms with Gasteiger partial charge in [-0.15, -0.1) is 0 Å². The van der Waals surface area contributed by atoms with Crippen molar-refractivity contribution in [3.8, 4) is 0 Å². The highest BCUT2D eigenvalue weighted by molar-refractivity contribution is 5.83. The highest BCUT2D eigenvalue weighted by atomic mass is 19.1. The molecule has 1 aliphatic carbocycles. The van der Waals surface area contributed by atoms with Crippen LogP contribution in [0, 0.1) is 25.6 Å². The third kappa shape index (κ3) is 3.20. The number of halogens is 1. The number of amides is 1. The van der Waals surface area contributed by atoms with Crippen LogP contribution in [0.15, 0.2) is 30.3 Å². The van der Waals surface area contributed by atoms with Crippen molar-refractivity contribution in [1.82, 2.24) is 14.7 Å². The summed E-state index contributed by atoms with van der Waals surface area (Å²) in [5.74, 6) is 0.207. The van der Waals surface area contributed by atoms with Crippen LogP contribution in [-0.4, -0.2) is 33.2 Å². The second-order valence-corrected chi connectivity index (χ2v) is 7.44. The van der Waals surface area contributed by atoms with E-state index in [-0.39, 0.29) is 29.6 Å². The van der Waals surface area contributed by atoms with E-state index in [2.05, 4.69) is 18.1 Å². The molecule has 1 amide bonds. The predicted molar refractivity (Wildman–Crippen MR) is 93.7 cm³/mol. The molecule has 2 aromatic rings. The van der Waals surface area contributed by atoms with Gasteiger partial charge < -0.3 is 4.90 Å². The zero-order valence-corrected chi connectivity index (χ0v) is 14.8. The first-order valence-electron chi connectivity index (χ1n) is 9.10. The molecule has 4 rings (SSSR count). The van der Waals surface area contributed by atoms with Crippen LogP contribution in [0.25, 0.3) is 0 Å². The number of carbonyl (C=O) groups excluding carboxylic acids is 1. The SMILES string of the molecule is Cc1cc(C)n(CC2CCCN2C(=O)C2CC2c2cccc(F)c2)n1. The summed E-state index contributed by atoms with van der Waals surface area (Å²) in [7, 11) is 0. The lowest BCUT2D eigenvalue weighted by Gasteiger charge is -2.25. The van der Waals surface area contributed by atoms with E-state index in [0.717, 1.165) is 49.3 Å². The molecule has 1 aromatic carbocycles. The molecule has 0 spiro atoms. The minimum Gasteiger partial charge on any atom is -0.338 e. The summed E-state index contributed by atoms with van der Waals surface area (Å²) in [6, 6.07) is 8.97. The van der Waals surface area contributed by atoms with Gasteiger partial charge in [0.1, 0.15) is 5.82 Å². The third-order valence-electron chi connectivity index (χ3n) is 5.53. The van der Waals surface area contributed by atoms with Gasteiger partial charge in [0.25, 0.3) is 0 Å². The number of nitrogens with zero attached hydrogens (tertiary/aromatic N) is 3. The summed E-state index contributed by atoms with van der Waals surface area (Å²) in [5.41, 5.74) is 3.11. The number of hydrogen-bond acceptors (Lipinski definition) is 2. The summed E-state index contributed by atoms with van der Waals surface area (Å²) >= 11 is 0. The second-order valence-electron chi connectivity index (χ2n) is 7.44. The van der Waals surface area contributed by atoms with Crippen LogP contribution in [-0.2, 0) is 11.3 Å². The van der Waals surface area contributed by atoms with Crippen molar-refractivity contribution in [2.75, 3.05) is 6.54 Å². The van der Waals surface area contributed by atoms with Gasteiger partial charge in [-0.25, -0.2) is 4.39 Å². The Balaban J connectivity index is 1.44. The maximum absolute atomic E-state index is 13.4. The van der Waals surface area contributed by atoms with Crippen LogP contribution >= 0.6 is 0 Å². The molecule has 2 aliphatic rings. The minimum atomic E-state index is -0.223. The standard InChI is InChI=1S/C20H24FN3O/c1-13-9-14(2)24(22-13)12-17-7-4-8-23(17)20(25)19-11-18(19)15-5-3-6-16(21)10-15/h3,5-6,9-10,17-19H,4,7-8,11-12H2,1-2H3. The Kier molecular flexibility index (Phi) is 4.10. The van der Waals surface area contributed by atoms with Crippen LogP contribution in [0.4, 0.5) is 4.39 Å². The van der Waals surface area contributed by atoms with Crippen molar-refractivity contribution in [2.45, 2.75) is 51.6 Å².